The van der Waals surface area contributed by atoms with Crippen LogP contribution in [0.5, 0.6) is 0 Å². The second kappa shape index (κ2) is 25.5. The summed E-state index contributed by atoms with van der Waals surface area (Å²) in [6, 6.07) is 0. The maximum absolute atomic E-state index is 11.9. The molecule has 5 nitrogen and oxygen atoms in total. The number of carbonyl (C=O) groups is 2. The Labute approximate surface area is 204 Å². The monoisotopic (exact) mass is 470 g/mol. The van der Waals surface area contributed by atoms with Crippen molar-refractivity contribution in [2.45, 2.75) is 155 Å². The van der Waals surface area contributed by atoms with Gasteiger partial charge in [-0.15, -0.1) is 0 Å². The number of hydrogen-bond donors (Lipinski definition) is 1. The van der Waals surface area contributed by atoms with Crippen LogP contribution in [0.3, 0.4) is 0 Å². The van der Waals surface area contributed by atoms with E-state index in [1.165, 1.54) is 83.5 Å². The van der Waals surface area contributed by atoms with Crippen LogP contribution in [0.1, 0.15) is 149 Å². The first-order chi connectivity index (χ1) is 16.1. The fourth-order valence-electron chi connectivity index (χ4n) is 3.96. The number of aliphatic hydroxyl groups excluding tert-OH is 1. The van der Waals surface area contributed by atoms with Gasteiger partial charge in [0.1, 0.15) is 6.61 Å². The number of aliphatic hydroxyl groups is 1. The van der Waals surface area contributed by atoms with Crippen LogP contribution in [0, 0.1) is 0 Å². The molecule has 5 heteroatoms. The van der Waals surface area contributed by atoms with Gasteiger partial charge in [0.25, 0.3) is 0 Å². The van der Waals surface area contributed by atoms with Gasteiger partial charge in [-0.2, -0.15) is 0 Å². The molecular weight excluding hydrogens is 416 g/mol. The van der Waals surface area contributed by atoms with E-state index < -0.39 is 6.10 Å². The molecule has 0 saturated heterocycles. The zero-order valence-electron chi connectivity index (χ0n) is 21.9. The molecule has 1 N–H and O–H groups in total. The van der Waals surface area contributed by atoms with Crippen LogP contribution in [-0.2, 0) is 19.1 Å². The Morgan fingerprint density at radius 1 is 0.576 bits per heavy atom. The maximum Gasteiger partial charge on any atom is 0.306 e. The summed E-state index contributed by atoms with van der Waals surface area (Å²) in [5, 5.41) is 9.41. The van der Waals surface area contributed by atoms with E-state index in [0.717, 1.165) is 38.5 Å². The molecule has 0 aromatic carbocycles. The predicted molar refractivity (Wildman–Crippen MR) is 136 cm³/mol. The molecule has 0 heterocycles. The number of rotatable bonds is 25. The molecule has 0 aliphatic rings. The molecule has 33 heavy (non-hydrogen) atoms. The van der Waals surface area contributed by atoms with Gasteiger partial charge < -0.3 is 14.6 Å². The van der Waals surface area contributed by atoms with E-state index in [2.05, 4.69) is 13.8 Å². The van der Waals surface area contributed by atoms with E-state index in [-0.39, 0.29) is 25.2 Å². The number of carbonyl (C=O) groups excluding carboxylic acids is 2. The molecule has 0 aromatic heterocycles. The normalized spacial score (nSPS) is 12.0. The predicted octanol–water partition coefficient (Wildman–Crippen LogP) is 7.67. The van der Waals surface area contributed by atoms with Gasteiger partial charge in [-0.05, 0) is 12.8 Å². The maximum atomic E-state index is 11.9. The lowest BCUT2D eigenvalue weighted by atomic mass is 10.1. The summed E-state index contributed by atoms with van der Waals surface area (Å²) in [7, 11) is 0. The molecule has 1 atom stereocenters. The third-order valence-corrected chi connectivity index (χ3v) is 6.15. The Morgan fingerprint density at radius 2 is 0.939 bits per heavy atom. The van der Waals surface area contributed by atoms with Gasteiger partial charge in [0.05, 0.1) is 6.61 Å². The fourth-order valence-corrected chi connectivity index (χ4v) is 3.96. The summed E-state index contributed by atoms with van der Waals surface area (Å²) in [4.78, 5) is 23.8. The first-order valence-electron chi connectivity index (χ1n) is 14.1. The van der Waals surface area contributed by atoms with Crippen molar-refractivity contribution in [2.24, 2.45) is 0 Å². The third-order valence-electron chi connectivity index (χ3n) is 6.15. The van der Waals surface area contributed by atoms with Crippen LogP contribution in [-0.4, -0.2) is 36.4 Å². The van der Waals surface area contributed by atoms with Gasteiger partial charge in [-0.1, -0.05) is 123 Å². The highest BCUT2D eigenvalue weighted by atomic mass is 16.6. The average Bonchev–Trinajstić information content (AvgIpc) is 2.81. The average molecular weight is 471 g/mol. The van der Waals surface area contributed by atoms with Crippen LogP contribution < -0.4 is 0 Å². The molecule has 0 unspecified atom stereocenters. The van der Waals surface area contributed by atoms with Crippen LogP contribution in [0.15, 0.2) is 0 Å². The summed E-state index contributed by atoms with van der Waals surface area (Å²) in [5.41, 5.74) is 0. The molecule has 0 aliphatic carbocycles. The smallest absolute Gasteiger partial charge is 0.306 e. The SMILES string of the molecule is CCCCCCCCCCCCCC(=O)OC[C@H](CO)OC(=O)CCCCCCCCCC. The van der Waals surface area contributed by atoms with E-state index in [4.69, 9.17) is 9.47 Å². The van der Waals surface area contributed by atoms with E-state index in [0.29, 0.717) is 12.8 Å². The number of esters is 2. The van der Waals surface area contributed by atoms with Crippen molar-refractivity contribution in [1.82, 2.24) is 0 Å². The molecule has 0 aromatic rings. The van der Waals surface area contributed by atoms with Crippen LogP contribution >= 0.6 is 0 Å². The summed E-state index contributed by atoms with van der Waals surface area (Å²) >= 11 is 0. The molecule has 0 aliphatic heterocycles. The molecule has 0 rings (SSSR count). The molecular formula is C28H54O5. The first-order valence-corrected chi connectivity index (χ1v) is 14.1. The standard InChI is InChI=1S/C28H54O5/c1-3-5-7-9-11-13-14-15-17-18-20-22-27(30)32-25-26(24-29)33-28(31)23-21-19-16-12-10-8-6-4-2/h26,29H,3-25H2,1-2H3/t26-/m0/s1. The minimum Gasteiger partial charge on any atom is -0.462 e. The quantitative estimate of drug-likeness (QED) is 0.109. The Kier molecular flexibility index (Phi) is 24.7. The third kappa shape index (κ3) is 23.8. The lowest BCUT2D eigenvalue weighted by Gasteiger charge is -2.15. The minimum absolute atomic E-state index is 0.0590. The van der Waals surface area contributed by atoms with Crippen LogP contribution in [0.25, 0.3) is 0 Å². The Balaban J connectivity index is 3.59. The summed E-state index contributed by atoms with van der Waals surface area (Å²) in [5.74, 6) is -0.593. The van der Waals surface area contributed by atoms with Gasteiger partial charge >= 0.3 is 11.9 Å². The largest absolute Gasteiger partial charge is 0.462 e. The molecule has 196 valence electrons. The molecule has 0 radical (unpaired) electrons. The summed E-state index contributed by atoms with van der Waals surface area (Å²) in [6.45, 7) is 4.08. The zero-order valence-corrected chi connectivity index (χ0v) is 21.9. The van der Waals surface area contributed by atoms with Crippen LogP contribution in [0.4, 0.5) is 0 Å². The molecule has 0 saturated carbocycles. The molecule has 0 spiro atoms. The Morgan fingerprint density at radius 3 is 1.33 bits per heavy atom. The lowest BCUT2D eigenvalue weighted by Crippen LogP contribution is -2.28. The van der Waals surface area contributed by atoms with Crippen molar-refractivity contribution in [1.29, 1.82) is 0 Å². The molecule has 0 amide bonds. The summed E-state index contributed by atoms with van der Waals surface area (Å²) < 4.78 is 10.5. The van der Waals surface area contributed by atoms with Crippen LogP contribution in [0.2, 0.25) is 0 Å². The number of hydrogen-bond acceptors (Lipinski definition) is 5. The summed E-state index contributed by atoms with van der Waals surface area (Å²) in [6.07, 6.45) is 23.0. The van der Waals surface area contributed by atoms with Gasteiger partial charge in [0, 0.05) is 12.8 Å². The van der Waals surface area contributed by atoms with Gasteiger partial charge in [-0.3, -0.25) is 9.59 Å². The minimum atomic E-state index is -0.757. The molecule has 0 bridgehead atoms. The van der Waals surface area contributed by atoms with Crippen molar-refractivity contribution in [2.75, 3.05) is 13.2 Å². The van der Waals surface area contributed by atoms with Crippen molar-refractivity contribution >= 4 is 11.9 Å². The lowest BCUT2D eigenvalue weighted by molar-refractivity contribution is -0.161. The first kappa shape index (κ1) is 31.9. The molecule has 0 fully saturated rings. The van der Waals surface area contributed by atoms with Crippen molar-refractivity contribution in [3.63, 3.8) is 0 Å². The highest BCUT2D eigenvalue weighted by Gasteiger charge is 2.16. The van der Waals surface area contributed by atoms with Gasteiger partial charge in [-0.25, -0.2) is 0 Å². The number of ether oxygens (including phenoxy) is 2. The van der Waals surface area contributed by atoms with E-state index in [9.17, 15) is 14.7 Å². The highest BCUT2D eigenvalue weighted by Crippen LogP contribution is 2.13. The van der Waals surface area contributed by atoms with E-state index in [1.54, 1.807) is 0 Å². The Hall–Kier alpha value is -1.10. The van der Waals surface area contributed by atoms with Crippen molar-refractivity contribution in [3.05, 3.63) is 0 Å². The highest BCUT2D eigenvalue weighted by molar-refractivity contribution is 5.70. The Bertz CT molecular complexity index is 438. The topological polar surface area (TPSA) is 72.8 Å². The van der Waals surface area contributed by atoms with Crippen molar-refractivity contribution < 1.29 is 24.2 Å². The second-order valence-electron chi connectivity index (χ2n) is 9.49. The number of unbranched alkanes of at least 4 members (excludes halogenated alkanes) is 17. The fraction of sp³-hybridized carbons (Fsp3) is 0.929. The van der Waals surface area contributed by atoms with E-state index >= 15 is 0 Å². The van der Waals surface area contributed by atoms with E-state index in [1.807, 2.05) is 0 Å². The zero-order chi connectivity index (χ0) is 24.4. The second-order valence-corrected chi connectivity index (χ2v) is 9.49. The van der Waals surface area contributed by atoms with Gasteiger partial charge in [0.15, 0.2) is 6.10 Å². The van der Waals surface area contributed by atoms with Crippen molar-refractivity contribution in [3.8, 4) is 0 Å². The van der Waals surface area contributed by atoms with Gasteiger partial charge in [0.2, 0.25) is 0 Å².